The van der Waals surface area contributed by atoms with Gasteiger partial charge < -0.3 is 0 Å². The molecule has 7 heteroatoms. The summed E-state index contributed by atoms with van der Waals surface area (Å²) >= 11 is -2.71. The van der Waals surface area contributed by atoms with E-state index in [9.17, 15) is 9.59 Å². The molecular formula is C29H43N3O3Sn. The number of benzene rings is 1. The molecule has 1 amide bonds. The average molecular weight is 600 g/mol. The van der Waals surface area contributed by atoms with Crippen LogP contribution in [0.25, 0.3) is 5.69 Å². The third kappa shape index (κ3) is 5.11. The molecule has 1 atom stereocenters. The number of aromatic nitrogens is 2. The summed E-state index contributed by atoms with van der Waals surface area (Å²) in [5.41, 5.74) is 2.80. The molecule has 4 rings (SSSR count). The molecule has 2 aliphatic rings. The van der Waals surface area contributed by atoms with E-state index in [1.165, 1.54) is 55.4 Å². The number of esters is 1. The number of fused-ring (bicyclic) bond motifs is 5. The maximum absolute atomic E-state index is 14.0. The zero-order valence-corrected chi connectivity index (χ0v) is 25.5. The van der Waals surface area contributed by atoms with Crippen molar-refractivity contribution < 1.29 is 14.3 Å². The second-order valence-corrected chi connectivity index (χ2v) is 23.8. The number of carbonyl (C=O) groups is 2. The SMILES string of the molecule is CCC[CH2][Sn]([CH2]CCC)([CH2]CCC)[c]1ccc2c(c1)C(=O)N1CCC[C@H]1c1c(C(=O)OCC)ncn1-2. The van der Waals surface area contributed by atoms with Gasteiger partial charge in [-0.1, -0.05) is 0 Å². The van der Waals surface area contributed by atoms with E-state index in [2.05, 4.69) is 44.0 Å². The summed E-state index contributed by atoms with van der Waals surface area (Å²) in [6, 6.07) is 6.64. The fourth-order valence-corrected chi connectivity index (χ4v) is 22.2. The van der Waals surface area contributed by atoms with Gasteiger partial charge in [-0.05, 0) is 0 Å². The number of hydrogen-bond donors (Lipinski definition) is 0. The Balaban J connectivity index is 1.86. The molecule has 2 aromatic rings. The van der Waals surface area contributed by atoms with Crippen molar-refractivity contribution >= 4 is 33.8 Å². The van der Waals surface area contributed by atoms with E-state index < -0.39 is 24.3 Å². The summed E-state index contributed by atoms with van der Waals surface area (Å²) in [5.74, 6) is -0.297. The van der Waals surface area contributed by atoms with Crippen LogP contribution in [0, 0.1) is 0 Å². The van der Waals surface area contributed by atoms with Crippen molar-refractivity contribution in [3.63, 3.8) is 0 Å². The van der Waals surface area contributed by atoms with E-state index >= 15 is 0 Å². The van der Waals surface area contributed by atoms with Gasteiger partial charge in [0, 0.05) is 0 Å². The molecule has 0 radical (unpaired) electrons. The summed E-state index contributed by atoms with van der Waals surface area (Å²) in [5, 5.41) is 0. The Labute approximate surface area is 220 Å². The molecule has 1 saturated heterocycles. The van der Waals surface area contributed by atoms with Crippen LogP contribution in [0.2, 0.25) is 13.3 Å². The number of carbonyl (C=O) groups excluding carboxylic acids is 2. The number of nitrogens with zero attached hydrogens (tertiary/aromatic N) is 3. The van der Waals surface area contributed by atoms with Gasteiger partial charge in [-0.15, -0.1) is 0 Å². The van der Waals surface area contributed by atoms with Gasteiger partial charge in [0.15, 0.2) is 0 Å². The number of imidazole rings is 1. The van der Waals surface area contributed by atoms with E-state index in [0.717, 1.165) is 36.3 Å². The zero-order chi connectivity index (χ0) is 25.7. The molecule has 3 heterocycles. The van der Waals surface area contributed by atoms with Gasteiger partial charge in [0.2, 0.25) is 0 Å². The van der Waals surface area contributed by atoms with Crippen molar-refractivity contribution in [2.24, 2.45) is 0 Å². The van der Waals surface area contributed by atoms with Crippen LogP contribution in [0.1, 0.15) is 112 Å². The Bertz CT molecular complexity index is 1060. The van der Waals surface area contributed by atoms with Crippen LogP contribution in [-0.2, 0) is 4.74 Å². The molecular weight excluding hydrogens is 557 g/mol. The van der Waals surface area contributed by atoms with Gasteiger partial charge in [0.1, 0.15) is 0 Å². The molecule has 6 nitrogen and oxygen atoms in total. The molecule has 0 bridgehead atoms. The van der Waals surface area contributed by atoms with Crippen molar-refractivity contribution in [2.45, 2.75) is 98.4 Å². The van der Waals surface area contributed by atoms with Crippen LogP contribution < -0.4 is 3.58 Å². The van der Waals surface area contributed by atoms with Crippen LogP contribution in [0.4, 0.5) is 0 Å². The first-order valence-corrected chi connectivity index (χ1v) is 21.7. The molecule has 0 aliphatic carbocycles. The number of amides is 1. The predicted molar refractivity (Wildman–Crippen MR) is 147 cm³/mol. The van der Waals surface area contributed by atoms with Gasteiger partial charge in [-0.25, -0.2) is 0 Å². The molecule has 1 aromatic heterocycles. The van der Waals surface area contributed by atoms with Crippen LogP contribution in [0.3, 0.4) is 0 Å². The van der Waals surface area contributed by atoms with E-state index in [-0.39, 0.29) is 11.9 Å². The summed E-state index contributed by atoms with van der Waals surface area (Å²) < 4.78 is 12.9. The predicted octanol–water partition coefficient (Wildman–Crippen LogP) is 6.40. The minimum atomic E-state index is -2.71. The van der Waals surface area contributed by atoms with E-state index in [0.29, 0.717) is 12.3 Å². The fourth-order valence-electron chi connectivity index (χ4n) is 6.27. The molecule has 0 N–H and O–H groups in total. The molecule has 36 heavy (non-hydrogen) atoms. The van der Waals surface area contributed by atoms with Gasteiger partial charge in [-0.3, -0.25) is 0 Å². The number of ether oxygens (including phenoxy) is 1. The zero-order valence-electron chi connectivity index (χ0n) is 22.6. The van der Waals surface area contributed by atoms with Crippen LogP contribution >= 0.6 is 0 Å². The monoisotopic (exact) mass is 601 g/mol. The summed E-state index contributed by atoms with van der Waals surface area (Å²) in [4.78, 5) is 33.3. The van der Waals surface area contributed by atoms with E-state index in [4.69, 9.17) is 4.74 Å². The Hall–Kier alpha value is -1.83. The molecule has 1 aromatic carbocycles. The van der Waals surface area contributed by atoms with Gasteiger partial charge >= 0.3 is 221 Å². The van der Waals surface area contributed by atoms with Crippen molar-refractivity contribution in [2.75, 3.05) is 13.2 Å². The molecule has 2 aliphatic heterocycles. The summed E-state index contributed by atoms with van der Waals surface area (Å²) in [7, 11) is 0. The number of rotatable bonds is 12. The van der Waals surface area contributed by atoms with Gasteiger partial charge in [-0.2, -0.15) is 0 Å². The Kier molecular flexibility index (Phi) is 9.18. The second-order valence-electron chi connectivity index (χ2n) is 10.5. The normalized spacial score (nSPS) is 16.9. The summed E-state index contributed by atoms with van der Waals surface area (Å²) in [6.45, 7) is 9.73. The van der Waals surface area contributed by atoms with E-state index in [1.807, 2.05) is 16.4 Å². The quantitative estimate of drug-likeness (QED) is 0.209. The standard InChI is InChI=1S/C17H16N3O3.3C4H9.Sn/c1-2-23-17(22)14-15-13-8-5-9-19(13)16(21)11-6-3-4-7-12(11)20(15)10-18-14;3*1-3-4-2;/h4,6-7,10,13H,2,5,8-9H2,1H3;3*1,3-4H2,2H3;/t13-;;;;/m0..../s1. The molecule has 0 saturated carbocycles. The third-order valence-corrected chi connectivity index (χ3v) is 23.8. The van der Waals surface area contributed by atoms with Crippen molar-refractivity contribution in [3.8, 4) is 5.69 Å². The third-order valence-electron chi connectivity index (χ3n) is 8.23. The van der Waals surface area contributed by atoms with Gasteiger partial charge in [0.25, 0.3) is 0 Å². The van der Waals surface area contributed by atoms with Crippen LogP contribution in [0.15, 0.2) is 24.5 Å². The minimum absolute atomic E-state index is 0.106. The summed E-state index contributed by atoms with van der Waals surface area (Å²) in [6.07, 6.45) is 11.0. The van der Waals surface area contributed by atoms with E-state index in [1.54, 1.807) is 6.33 Å². The van der Waals surface area contributed by atoms with Crippen LogP contribution in [0.5, 0.6) is 0 Å². The fraction of sp³-hybridized carbons (Fsp3) is 0.621. The van der Waals surface area contributed by atoms with Crippen molar-refractivity contribution in [1.29, 1.82) is 0 Å². The second kappa shape index (κ2) is 12.1. The Morgan fingerprint density at radius 1 is 1.06 bits per heavy atom. The molecule has 0 unspecified atom stereocenters. The Morgan fingerprint density at radius 3 is 2.33 bits per heavy atom. The number of unbranched alkanes of at least 4 members (excludes halogenated alkanes) is 3. The topological polar surface area (TPSA) is 64.4 Å². The molecule has 196 valence electrons. The number of hydrogen-bond acceptors (Lipinski definition) is 4. The molecule has 0 spiro atoms. The van der Waals surface area contributed by atoms with Crippen molar-refractivity contribution in [3.05, 3.63) is 41.5 Å². The van der Waals surface area contributed by atoms with Crippen LogP contribution in [-0.4, -0.2) is 57.9 Å². The van der Waals surface area contributed by atoms with Gasteiger partial charge in [0.05, 0.1) is 0 Å². The first-order valence-electron chi connectivity index (χ1n) is 14.2. The Morgan fingerprint density at radius 2 is 1.72 bits per heavy atom. The average Bonchev–Trinajstić information content (AvgIpc) is 3.53. The first kappa shape index (κ1) is 27.2. The first-order chi connectivity index (χ1) is 17.5. The molecule has 1 fully saturated rings. The maximum atomic E-state index is 14.0. The van der Waals surface area contributed by atoms with Crippen molar-refractivity contribution in [1.82, 2.24) is 14.5 Å².